The van der Waals surface area contributed by atoms with Crippen LogP contribution >= 0.6 is 11.3 Å². The van der Waals surface area contributed by atoms with E-state index in [1.807, 2.05) is 11.3 Å². The van der Waals surface area contributed by atoms with Crippen molar-refractivity contribution in [2.45, 2.75) is 70.6 Å². The van der Waals surface area contributed by atoms with Gasteiger partial charge in [-0.2, -0.15) is 0 Å². The van der Waals surface area contributed by atoms with Crippen molar-refractivity contribution in [2.24, 2.45) is 0 Å². The molecule has 0 N–H and O–H groups in total. The van der Waals surface area contributed by atoms with Crippen molar-refractivity contribution >= 4 is 77.4 Å². The molecule has 0 fully saturated rings. The quantitative estimate of drug-likeness (QED) is 0.160. The molecule has 9 aromatic carbocycles. The largest absolute Gasteiger partial charge is 0.375 e. The normalized spacial score (nSPS) is 16.2. The fourth-order valence-electron chi connectivity index (χ4n) is 13.7. The highest BCUT2D eigenvalue weighted by molar-refractivity contribution is 7.32. The standard InChI is InChI=1S/C67H53BN2S/c1-65(2)32-33-66(3,4)56-39-58-53(38-55(56)65)62-64(71-58)68-60-50(52-36-45(42-22-14-9-15-23-42)35-51-48-34-44(41-20-12-8-13-21-41)28-31-57(48)70(68)61(51)52)37-49-47-24-16-17-25-54(47)67(5,6)59(49)63(60)69(62)46-29-26-43(27-30-46)40-18-10-7-11-19-40/h7-31,34-39H,32-33H2,1-6H3. The highest BCUT2D eigenvalue weighted by Gasteiger charge is 2.51. The second-order valence-electron chi connectivity index (χ2n) is 22.7. The number of rotatable bonds is 4. The van der Waals surface area contributed by atoms with Crippen molar-refractivity contribution in [3.8, 4) is 55.6 Å². The summed E-state index contributed by atoms with van der Waals surface area (Å²) in [6.07, 6.45) is 2.35. The predicted molar refractivity (Wildman–Crippen MR) is 305 cm³/mol. The molecule has 71 heavy (non-hydrogen) atoms. The minimum absolute atomic E-state index is 0.0557. The van der Waals surface area contributed by atoms with E-state index >= 15 is 0 Å². The second kappa shape index (κ2) is 14.4. The number of anilines is 3. The van der Waals surface area contributed by atoms with Crippen LogP contribution in [-0.4, -0.2) is 11.3 Å². The molecule has 340 valence electrons. The third-order valence-electron chi connectivity index (χ3n) is 17.4. The third-order valence-corrected chi connectivity index (χ3v) is 18.6. The number of fused-ring (bicyclic) bond motifs is 14. The van der Waals surface area contributed by atoms with Gasteiger partial charge in [-0.3, -0.25) is 0 Å². The van der Waals surface area contributed by atoms with Crippen LogP contribution in [0.25, 0.3) is 87.5 Å². The Balaban J connectivity index is 1.13. The summed E-state index contributed by atoms with van der Waals surface area (Å²) in [5.74, 6) is 0. The molecule has 2 aromatic heterocycles. The monoisotopic (exact) mass is 928 g/mol. The van der Waals surface area contributed by atoms with Crippen molar-refractivity contribution in [1.29, 1.82) is 0 Å². The van der Waals surface area contributed by atoms with E-state index in [0.29, 0.717) is 0 Å². The molecule has 2 aliphatic carbocycles. The van der Waals surface area contributed by atoms with Gasteiger partial charge in [0.2, 0.25) is 0 Å². The molecule has 0 unspecified atom stereocenters. The van der Waals surface area contributed by atoms with Crippen LogP contribution in [0.1, 0.15) is 76.6 Å². The molecule has 0 spiro atoms. The fourth-order valence-corrected chi connectivity index (χ4v) is 15.0. The van der Waals surface area contributed by atoms with Crippen LogP contribution in [0.5, 0.6) is 0 Å². The fraction of sp³-hybridized carbons (Fsp3) is 0.164. The maximum Gasteiger partial charge on any atom is 0.343 e. The summed E-state index contributed by atoms with van der Waals surface area (Å²) in [7, 11) is 0. The average Bonchev–Trinajstić information content (AvgIpc) is 4.02. The van der Waals surface area contributed by atoms with Gasteiger partial charge in [-0.25, -0.2) is 0 Å². The Bertz CT molecular complexity index is 4060. The zero-order valence-corrected chi connectivity index (χ0v) is 42.0. The van der Waals surface area contributed by atoms with Gasteiger partial charge in [-0.1, -0.05) is 175 Å². The molecule has 2 aliphatic heterocycles. The topological polar surface area (TPSA) is 8.17 Å². The van der Waals surface area contributed by atoms with Gasteiger partial charge in [0.05, 0.1) is 5.69 Å². The molecular weight excluding hydrogens is 876 g/mol. The molecule has 0 amide bonds. The Morgan fingerprint density at radius 3 is 1.70 bits per heavy atom. The van der Waals surface area contributed by atoms with Gasteiger partial charge >= 0.3 is 6.85 Å². The summed E-state index contributed by atoms with van der Waals surface area (Å²) >= 11 is 2.04. The van der Waals surface area contributed by atoms with Crippen LogP contribution in [0, 0.1) is 0 Å². The molecule has 2 nitrogen and oxygen atoms in total. The van der Waals surface area contributed by atoms with Crippen molar-refractivity contribution in [3.63, 3.8) is 0 Å². The Morgan fingerprint density at radius 2 is 1.01 bits per heavy atom. The smallest absolute Gasteiger partial charge is 0.343 e. The highest BCUT2D eigenvalue weighted by atomic mass is 32.1. The Labute approximate surface area is 421 Å². The average molecular weight is 929 g/mol. The van der Waals surface area contributed by atoms with Crippen LogP contribution in [0.15, 0.2) is 188 Å². The van der Waals surface area contributed by atoms with Gasteiger partial charge in [-0.15, -0.1) is 11.3 Å². The van der Waals surface area contributed by atoms with Crippen LogP contribution < -0.4 is 15.1 Å². The molecule has 0 saturated carbocycles. The predicted octanol–water partition coefficient (Wildman–Crippen LogP) is 17.1. The summed E-state index contributed by atoms with van der Waals surface area (Å²) in [5, 5.41) is 3.97. The number of aromatic nitrogens is 1. The van der Waals surface area contributed by atoms with Gasteiger partial charge in [0.15, 0.2) is 0 Å². The first-order chi connectivity index (χ1) is 34.5. The van der Waals surface area contributed by atoms with Crippen LogP contribution in [-0.2, 0) is 16.2 Å². The van der Waals surface area contributed by atoms with Crippen molar-refractivity contribution in [2.75, 3.05) is 4.90 Å². The number of hydrogen-bond donors (Lipinski definition) is 0. The molecule has 0 atom stereocenters. The van der Waals surface area contributed by atoms with E-state index < -0.39 is 0 Å². The minimum atomic E-state index is -0.275. The van der Waals surface area contributed by atoms with Crippen molar-refractivity contribution in [3.05, 3.63) is 210 Å². The van der Waals surface area contributed by atoms with Crippen molar-refractivity contribution < 1.29 is 0 Å². The molecule has 15 rings (SSSR count). The molecule has 0 bridgehead atoms. The first-order valence-electron chi connectivity index (χ1n) is 25.6. The summed E-state index contributed by atoms with van der Waals surface area (Å²) < 4.78 is 5.58. The molecule has 0 radical (unpaired) electrons. The van der Waals surface area contributed by atoms with E-state index in [2.05, 4.69) is 239 Å². The highest BCUT2D eigenvalue weighted by Crippen LogP contribution is 2.59. The Morgan fingerprint density at radius 1 is 0.437 bits per heavy atom. The zero-order chi connectivity index (χ0) is 47.7. The molecular formula is C67H53BN2S. The molecule has 4 heteroatoms. The second-order valence-corrected chi connectivity index (χ2v) is 23.7. The van der Waals surface area contributed by atoms with Crippen molar-refractivity contribution in [1.82, 2.24) is 4.48 Å². The number of benzene rings is 9. The zero-order valence-electron chi connectivity index (χ0n) is 41.2. The van der Waals surface area contributed by atoms with Gasteiger partial charge in [0.25, 0.3) is 0 Å². The Hall–Kier alpha value is -7.40. The molecule has 4 heterocycles. The van der Waals surface area contributed by atoms with E-state index in [0.717, 1.165) is 0 Å². The molecule has 4 aliphatic rings. The van der Waals surface area contributed by atoms with Gasteiger partial charge in [0.1, 0.15) is 0 Å². The van der Waals surface area contributed by atoms with Crippen LogP contribution in [0.4, 0.5) is 17.1 Å². The minimum Gasteiger partial charge on any atom is -0.375 e. The van der Waals surface area contributed by atoms with E-state index in [1.54, 1.807) is 0 Å². The van der Waals surface area contributed by atoms with E-state index in [4.69, 9.17) is 0 Å². The third kappa shape index (κ3) is 5.66. The summed E-state index contributed by atoms with van der Waals surface area (Å²) in [6.45, 7) is 14.8. The molecule has 11 aromatic rings. The summed E-state index contributed by atoms with van der Waals surface area (Å²) in [4.78, 5) is 2.75. The van der Waals surface area contributed by atoms with Gasteiger partial charge < -0.3 is 9.38 Å². The molecule has 0 saturated heterocycles. The lowest BCUT2D eigenvalue weighted by Gasteiger charge is -2.43. The maximum atomic E-state index is 2.79. The maximum absolute atomic E-state index is 2.79. The summed E-state index contributed by atoms with van der Waals surface area (Å²) in [6, 6.07) is 71.8. The first kappa shape index (κ1) is 41.4. The van der Waals surface area contributed by atoms with Crippen LogP contribution in [0.3, 0.4) is 0 Å². The number of thiophene rings is 1. The lowest BCUT2D eigenvalue weighted by Crippen LogP contribution is -2.56. The van der Waals surface area contributed by atoms with Crippen LogP contribution in [0.2, 0.25) is 0 Å². The SMILES string of the molecule is CC1(C)CCC(C)(C)c2cc3c4c(sc3cc21)B1c2c(cc3c(c2N4c2ccc(-c4ccccc4)cc2)C(C)(C)c2ccccc2-3)-c2cc(-c3ccccc3)cc3c4cc(-c5ccccc5)ccc4n1c23. The first-order valence-corrected chi connectivity index (χ1v) is 26.4. The summed E-state index contributed by atoms with van der Waals surface area (Å²) in [5.41, 5.74) is 26.3. The van der Waals surface area contributed by atoms with E-state index in [-0.39, 0.29) is 23.1 Å². The lowest BCUT2D eigenvalue weighted by molar-refractivity contribution is 0.332. The number of hydrogen-bond acceptors (Lipinski definition) is 2. The van der Waals surface area contributed by atoms with Gasteiger partial charge in [-0.05, 0) is 156 Å². The van der Waals surface area contributed by atoms with E-state index in [9.17, 15) is 0 Å². The number of nitrogens with zero attached hydrogens (tertiary/aromatic N) is 2. The van der Waals surface area contributed by atoms with E-state index in [1.165, 1.54) is 150 Å². The Kier molecular flexibility index (Phi) is 8.38. The lowest BCUT2D eigenvalue weighted by atomic mass is 9.47. The van der Waals surface area contributed by atoms with Gasteiger partial charge in [0, 0.05) is 59.0 Å².